The van der Waals surface area contributed by atoms with Crippen LogP contribution in [0.25, 0.3) is 0 Å². The molecule has 1 N–H and O–H groups in total. The van der Waals surface area contributed by atoms with Crippen LogP contribution in [0.1, 0.15) is 16.8 Å². The average Bonchev–Trinajstić information content (AvgIpc) is 2.36. The highest BCUT2D eigenvalue weighted by Gasteiger charge is 2.46. The van der Waals surface area contributed by atoms with E-state index in [4.69, 9.17) is 0 Å². The van der Waals surface area contributed by atoms with Crippen molar-refractivity contribution in [2.45, 2.75) is 12.5 Å². The molecule has 2 atom stereocenters. The minimum absolute atomic E-state index is 0.0786. The zero-order valence-corrected chi connectivity index (χ0v) is 10.1. The molecular weight excluding hydrogens is 212 g/mol. The third-order valence-electron chi connectivity index (χ3n) is 4.05. The maximum Gasteiger partial charge on any atom is 0.251 e. The monoisotopic (exact) mass is 230 g/mol. The molecule has 1 aromatic carbocycles. The molecule has 1 aromatic rings. The predicted molar refractivity (Wildman–Crippen MR) is 66.8 cm³/mol. The summed E-state index contributed by atoms with van der Waals surface area (Å²) in [6.45, 7) is 2.24. The molecule has 4 rings (SSSR count). The van der Waals surface area contributed by atoms with E-state index in [1.54, 1.807) is 0 Å². The second kappa shape index (κ2) is 4.15. The van der Waals surface area contributed by atoms with Crippen molar-refractivity contribution in [3.05, 3.63) is 35.9 Å². The number of carbonyl (C=O) groups excluding carboxylic acids is 1. The smallest absolute Gasteiger partial charge is 0.251 e. The number of fused-ring (bicyclic) bond motifs is 2. The number of nitrogens with zero attached hydrogens (tertiary/aromatic N) is 1. The van der Waals surface area contributed by atoms with E-state index >= 15 is 0 Å². The van der Waals surface area contributed by atoms with Gasteiger partial charge in [-0.3, -0.25) is 4.79 Å². The first-order chi connectivity index (χ1) is 8.24. The molecular formula is C14H18N2O. The second-order valence-corrected chi connectivity index (χ2v) is 5.34. The minimum Gasteiger partial charge on any atom is -0.349 e. The fraction of sp³-hybridized carbons (Fsp3) is 0.500. The van der Waals surface area contributed by atoms with Gasteiger partial charge in [-0.25, -0.2) is 0 Å². The van der Waals surface area contributed by atoms with Crippen LogP contribution in [0.2, 0.25) is 0 Å². The third-order valence-corrected chi connectivity index (χ3v) is 4.05. The molecule has 2 saturated heterocycles. The zero-order chi connectivity index (χ0) is 11.8. The van der Waals surface area contributed by atoms with Gasteiger partial charge in [0.15, 0.2) is 0 Å². The summed E-state index contributed by atoms with van der Waals surface area (Å²) in [5.41, 5.74) is 0.769. The van der Waals surface area contributed by atoms with Crippen LogP contribution >= 0.6 is 0 Å². The number of nitrogens with one attached hydrogen (secondary N) is 1. The number of benzene rings is 1. The van der Waals surface area contributed by atoms with E-state index < -0.39 is 0 Å². The van der Waals surface area contributed by atoms with Crippen LogP contribution in [-0.4, -0.2) is 37.0 Å². The molecule has 90 valence electrons. The molecule has 3 heteroatoms. The van der Waals surface area contributed by atoms with E-state index in [1.165, 1.54) is 6.42 Å². The van der Waals surface area contributed by atoms with Crippen molar-refractivity contribution in [2.75, 3.05) is 20.1 Å². The van der Waals surface area contributed by atoms with E-state index in [9.17, 15) is 4.79 Å². The van der Waals surface area contributed by atoms with Crippen LogP contribution in [0.5, 0.6) is 0 Å². The summed E-state index contributed by atoms with van der Waals surface area (Å²) in [6.07, 6.45) is 1.28. The maximum atomic E-state index is 12.0. The van der Waals surface area contributed by atoms with Gasteiger partial charge in [0.05, 0.1) is 0 Å². The van der Waals surface area contributed by atoms with Gasteiger partial charge in [-0.2, -0.15) is 0 Å². The van der Waals surface area contributed by atoms with Gasteiger partial charge in [-0.05, 0) is 37.4 Å². The van der Waals surface area contributed by atoms with Crippen molar-refractivity contribution in [1.29, 1.82) is 0 Å². The predicted octanol–water partition coefficient (Wildman–Crippen LogP) is 1.37. The molecule has 3 nitrogen and oxygen atoms in total. The van der Waals surface area contributed by atoms with Gasteiger partial charge in [-0.15, -0.1) is 0 Å². The van der Waals surface area contributed by atoms with Gasteiger partial charge >= 0.3 is 0 Å². The Morgan fingerprint density at radius 1 is 1.24 bits per heavy atom. The summed E-state index contributed by atoms with van der Waals surface area (Å²) < 4.78 is 0. The van der Waals surface area contributed by atoms with Crippen LogP contribution in [0.3, 0.4) is 0 Å². The lowest BCUT2D eigenvalue weighted by molar-refractivity contribution is -0.000564. The highest BCUT2D eigenvalue weighted by Crippen LogP contribution is 2.39. The van der Waals surface area contributed by atoms with E-state index in [1.807, 2.05) is 30.3 Å². The van der Waals surface area contributed by atoms with Crippen molar-refractivity contribution >= 4 is 5.91 Å². The summed E-state index contributed by atoms with van der Waals surface area (Å²) in [4.78, 5) is 14.4. The molecule has 2 bridgehead atoms. The van der Waals surface area contributed by atoms with Crippen LogP contribution in [0, 0.1) is 11.8 Å². The average molecular weight is 230 g/mol. The third kappa shape index (κ3) is 1.95. The van der Waals surface area contributed by atoms with Crippen molar-refractivity contribution in [3.63, 3.8) is 0 Å². The summed E-state index contributed by atoms with van der Waals surface area (Å²) in [5, 5.41) is 3.19. The SMILES string of the molecule is CN1CC2CC(C1)C2NC(=O)c1ccccc1. The van der Waals surface area contributed by atoms with Gasteiger partial charge < -0.3 is 10.2 Å². The first-order valence-corrected chi connectivity index (χ1v) is 6.28. The standard InChI is InChI=1S/C14H18N2O/c1-16-8-11-7-12(9-16)13(11)15-14(17)10-5-3-2-4-6-10/h2-6,11-13H,7-9H2,1H3,(H,15,17). The maximum absolute atomic E-state index is 12.0. The van der Waals surface area contributed by atoms with Crippen molar-refractivity contribution in [1.82, 2.24) is 10.2 Å². The van der Waals surface area contributed by atoms with Crippen molar-refractivity contribution < 1.29 is 4.79 Å². The van der Waals surface area contributed by atoms with Crippen molar-refractivity contribution in [2.24, 2.45) is 11.8 Å². The fourth-order valence-electron chi connectivity index (χ4n) is 3.18. The molecule has 0 radical (unpaired) electrons. The molecule has 1 aliphatic carbocycles. The van der Waals surface area contributed by atoms with Gasteiger partial charge in [-0.1, -0.05) is 18.2 Å². The van der Waals surface area contributed by atoms with Gasteiger partial charge in [0, 0.05) is 24.7 Å². The summed E-state index contributed by atoms with van der Waals surface area (Å²) in [5.74, 6) is 1.40. The Morgan fingerprint density at radius 2 is 1.88 bits per heavy atom. The molecule has 17 heavy (non-hydrogen) atoms. The lowest BCUT2D eigenvalue weighted by atomic mass is 9.66. The summed E-state index contributed by atoms with van der Waals surface area (Å²) in [6, 6.07) is 9.89. The Labute approximate surface area is 102 Å². The topological polar surface area (TPSA) is 32.3 Å². The van der Waals surface area contributed by atoms with Gasteiger partial charge in [0.2, 0.25) is 0 Å². The Kier molecular flexibility index (Phi) is 2.63. The molecule has 3 aliphatic rings. The van der Waals surface area contributed by atoms with E-state index in [0.717, 1.165) is 18.7 Å². The molecule has 1 amide bonds. The molecule has 2 unspecified atom stereocenters. The quantitative estimate of drug-likeness (QED) is 0.832. The highest BCUT2D eigenvalue weighted by molar-refractivity contribution is 5.94. The lowest BCUT2D eigenvalue weighted by Gasteiger charge is -2.52. The summed E-state index contributed by atoms with van der Waals surface area (Å²) >= 11 is 0. The number of carbonyl (C=O) groups is 1. The molecule has 0 spiro atoms. The zero-order valence-electron chi connectivity index (χ0n) is 10.1. The number of piperidine rings is 2. The van der Waals surface area contributed by atoms with E-state index in [0.29, 0.717) is 17.9 Å². The highest BCUT2D eigenvalue weighted by atomic mass is 16.1. The Bertz CT molecular complexity index is 405. The first kappa shape index (κ1) is 10.8. The molecule has 2 heterocycles. The number of hydrogen-bond donors (Lipinski definition) is 1. The Balaban J connectivity index is 1.64. The lowest BCUT2D eigenvalue weighted by Crippen LogP contribution is -2.63. The number of hydrogen-bond acceptors (Lipinski definition) is 2. The molecule has 2 aliphatic heterocycles. The second-order valence-electron chi connectivity index (χ2n) is 5.34. The van der Waals surface area contributed by atoms with E-state index in [-0.39, 0.29) is 5.91 Å². The van der Waals surface area contributed by atoms with Gasteiger partial charge in [0.25, 0.3) is 5.91 Å². The Morgan fingerprint density at radius 3 is 2.53 bits per heavy atom. The Hall–Kier alpha value is -1.35. The van der Waals surface area contributed by atoms with Crippen LogP contribution < -0.4 is 5.32 Å². The van der Waals surface area contributed by atoms with E-state index in [2.05, 4.69) is 17.3 Å². The van der Waals surface area contributed by atoms with Crippen LogP contribution in [0.4, 0.5) is 0 Å². The molecule has 0 aromatic heterocycles. The van der Waals surface area contributed by atoms with Crippen LogP contribution in [0.15, 0.2) is 30.3 Å². The number of amides is 1. The molecule has 3 fully saturated rings. The van der Waals surface area contributed by atoms with Crippen LogP contribution in [-0.2, 0) is 0 Å². The first-order valence-electron chi connectivity index (χ1n) is 6.28. The van der Waals surface area contributed by atoms with Crippen molar-refractivity contribution in [3.8, 4) is 0 Å². The van der Waals surface area contributed by atoms with Gasteiger partial charge in [0.1, 0.15) is 0 Å². The summed E-state index contributed by atoms with van der Waals surface area (Å²) in [7, 11) is 2.16. The number of rotatable bonds is 2. The minimum atomic E-state index is 0.0786. The largest absolute Gasteiger partial charge is 0.349 e. The molecule has 1 saturated carbocycles. The fourth-order valence-corrected chi connectivity index (χ4v) is 3.18. The normalized spacial score (nSPS) is 31.7.